The first-order valence-electron chi connectivity index (χ1n) is 30.4. The van der Waals surface area contributed by atoms with Gasteiger partial charge in [0.2, 0.25) is 0 Å². The number of aryl methyl sites for hydroxylation is 2. The molecule has 2 nitrogen and oxygen atoms in total. The summed E-state index contributed by atoms with van der Waals surface area (Å²) in [6.07, 6.45) is 0. The normalized spacial score (nSPS) is 12.4. The highest BCUT2D eigenvalue weighted by Crippen LogP contribution is 2.52. The number of benzene rings is 12. The lowest BCUT2D eigenvalue weighted by Crippen LogP contribution is -2.37. The van der Waals surface area contributed by atoms with Gasteiger partial charge in [-0.05, 0) is 128 Å². The van der Waals surface area contributed by atoms with Gasteiger partial charge in [-0.25, -0.2) is 8.78 Å². The summed E-state index contributed by atoms with van der Waals surface area (Å²) in [4.78, 5) is 4.35. The van der Waals surface area contributed by atoms with E-state index in [1.807, 2.05) is 0 Å². The van der Waals surface area contributed by atoms with Crippen molar-refractivity contribution in [3.05, 3.63) is 241 Å². The molecule has 0 aliphatic rings. The molecule has 12 rings (SSSR count). The molecule has 430 valence electrons. The Kier molecular flexibility index (Phi) is 15.0. The van der Waals surface area contributed by atoms with Crippen LogP contribution in [0.15, 0.2) is 218 Å². The number of nitrogens with zero attached hydrogens (tertiary/aromatic N) is 2. The van der Waals surface area contributed by atoms with Crippen LogP contribution in [0.25, 0.3) is 76.8 Å². The first-order valence-corrected chi connectivity index (χ1v) is 44.4. The standard InChI is InChI=1S/C78H78F2N2Si4/c1-51-19-15-17-21-71(51)81(77-67(55-27-39-63(40-28-55)85(9,10)11)47-59(49-69(77)79)53-23-35-61(36-24-53)83(3,4)5)73-45-33-57-32-44-66-74(46-34-58-31-43-65(73)75(57)76(58)66)82(72-22-18-16-20-52(72)2)78-68(56-29-41-64(42-30-56)86(12,13)14)48-60(50-70(78)80)54-25-37-62(38-26-54)84(6,7)8/h15-50H,1-14H3. The molecule has 0 bridgehead atoms. The van der Waals surface area contributed by atoms with Crippen molar-refractivity contribution >= 4 is 119 Å². The first kappa shape index (κ1) is 58.4. The Morgan fingerprint density at radius 3 is 0.872 bits per heavy atom. The van der Waals surface area contributed by atoms with Gasteiger partial charge in [0.25, 0.3) is 0 Å². The fourth-order valence-electron chi connectivity index (χ4n) is 12.6. The maximum atomic E-state index is 18.4. The van der Waals surface area contributed by atoms with E-state index in [0.29, 0.717) is 11.4 Å². The second-order valence-electron chi connectivity index (χ2n) is 27.9. The fourth-order valence-corrected chi connectivity index (χ4v) is 17.2. The summed E-state index contributed by atoms with van der Waals surface area (Å²) in [5.41, 5.74) is 13.6. The molecule has 0 atom stereocenters. The number of rotatable bonds is 14. The molecule has 0 amide bonds. The SMILES string of the molecule is Cc1ccccc1N(c1c(F)cc(-c2ccc([Si](C)(C)C)cc2)cc1-c1ccc([Si](C)(C)C)cc1)c1ccc2ccc3c(N(c4ccccc4C)c4c(F)cc(-c5ccc([Si](C)(C)C)cc5)cc4-c4ccc([Si](C)(C)C)cc4)ccc4ccc1c2c43. The first-order chi connectivity index (χ1) is 40.8. The third-order valence-corrected chi connectivity index (χ3v) is 25.9. The summed E-state index contributed by atoms with van der Waals surface area (Å²) in [7, 11) is -6.50. The molecule has 0 fully saturated rings. The van der Waals surface area contributed by atoms with Gasteiger partial charge in [0.1, 0.15) is 11.6 Å². The Morgan fingerprint density at radius 1 is 0.279 bits per heavy atom. The number of hydrogen-bond acceptors (Lipinski definition) is 2. The van der Waals surface area contributed by atoms with Crippen molar-refractivity contribution in [2.75, 3.05) is 9.80 Å². The third kappa shape index (κ3) is 10.9. The Hall–Kier alpha value is -7.99. The molecule has 0 aromatic heterocycles. The van der Waals surface area contributed by atoms with Crippen LogP contribution in [0.3, 0.4) is 0 Å². The lowest BCUT2D eigenvalue weighted by molar-refractivity contribution is 0.629. The van der Waals surface area contributed by atoms with E-state index in [-0.39, 0.29) is 11.6 Å². The molecule has 0 heterocycles. The van der Waals surface area contributed by atoms with Crippen LogP contribution in [0.4, 0.5) is 42.9 Å². The molecule has 0 N–H and O–H groups in total. The highest BCUT2D eigenvalue weighted by Gasteiger charge is 2.31. The molecule has 0 saturated heterocycles. The van der Waals surface area contributed by atoms with Gasteiger partial charge in [-0.3, -0.25) is 0 Å². The van der Waals surface area contributed by atoms with E-state index >= 15 is 8.78 Å². The summed E-state index contributed by atoms with van der Waals surface area (Å²) >= 11 is 0. The zero-order valence-electron chi connectivity index (χ0n) is 52.4. The van der Waals surface area contributed by atoms with E-state index < -0.39 is 32.3 Å². The summed E-state index contributed by atoms with van der Waals surface area (Å²) in [5, 5.41) is 11.6. The van der Waals surface area contributed by atoms with Gasteiger partial charge in [0, 0.05) is 33.3 Å². The molecule has 0 unspecified atom stereocenters. The van der Waals surface area contributed by atoms with E-state index in [9.17, 15) is 0 Å². The minimum absolute atomic E-state index is 0.311. The minimum Gasteiger partial charge on any atom is -0.306 e. The topological polar surface area (TPSA) is 6.48 Å². The second kappa shape index (κ2) is 22.1. The Bertz CT molecular complexity index is 4230. The second-order valence-corrected chi connectivity index (χ2v) is 48.2. The van der Waals surface area contributed by atoms with E-state index in [2.05, 4.69) is 308 Å². The summed E-state index contributed by atoms with van der Waals surface area (Å²) < 4.78 is 36.9. The monoisotopic (exact) mass is 1190 g/mol. The molecule has 12 aromatic rings. The van der Waals surface area contributed by atoms with Gasteiger partial charge < -0.3 is 9.80 Å². The van der Waals surface area contributed by atoms with Crippen molar-refractivity contribution in [2.24, 2.45) is 0 Å². The maximum Gasteiger partial charge on any atom is 0.148 e. The van der Waals surface area contributed by atoms with Crippen molar-refractivity contribution in [1.29, 1.82) is 0 Å². The van der Waals surface area contributed by atoms with Gasteiger partial charge in [0.15, 0.2) is 0 Å². The van der Waals surface area contributed by atoms with Crippen LogP contribution in [0, 0.1) is 25.5 Å². The largest absolute Gasteiger partial charge is 0.306 e. The summed E-state index contributed by atoms with van der Waals surface area (Å²) in [6, 6.07) is 77.5. The van der Waals surface area contributed by atoms with Crippen molar-refractivity contribution in [1.82, 2.24) is 0 Å². The van der Waals surface area contributed by atoms with Crippen molar-refractivity contribution < 1.29 is 8.78 Å². The van der Waals surface area contributed by atoms with E-state index in [1.165, 1.54) is 20.7 Å². The predicted octanol–water partition coefficient (Wildman–Crippen LogP) is 21.3. The van der Waals surface area contributed by atoms with Crippen LogP contribution in [0.2, 0.25) is 78.6 Å². The lowest BCUT2D eigenvalue weighted by atomic mass is 9.90. The van der Waals surface area contributed by atoms with Crippen molar-refractivity contribution in [3.8, 4) is 44.5 Å². The molecule has 86 heavy (non-hydrogen) atoms. The molecule has 8 heteroatoms. The van der Waals surface area contributed by atoms with Gasteiger partial charge >= 0.3 is 0 Å². The molecular weight excluding hydrogens is 1120 g/mol. The molecule has 0 saturated carbocycles. The van der Waals surface area contributed by atoms with Crippen LogP contribution in [-0.4, -0.2) is 32.3 Å². The van der Waals surface area contributed by atoms with Crippen LogP contribution >= 0.6 is 0 Å². The van der Waals surface area contributed by atoms with Crippen LogP contribution in [-0.2, 0) is 0 Å². The van der Waals surface area contributed by atoms with Crippen molar-refractivity contribution in [2.45, 2.75) is 92.4 Å². The van der Waals surface area contributed by atoms with Crippen LogP contribution < -0.4 is 30.5 Å². The van der Waals surface area contributed by atoms with Crippen LogP contribution in [0.5, 0.6) is 0 Å². The fraction of sp³-hybridized carbons (Fsp3) is 0.179. The molecule has 0 aliphatic carbocycles. The average Bonchev–Trinajstić information content (AvgIpc) is 0.855. The predicted molar refractivity (Wildman–Crippen MR) is 383 cm³/mol. The van der Waals surface area contributed by atoms with E-state index in [4.69, 9.17) is 0 Å². The maximum absolute atomic E-state index is 18.4. The van der Waals surface area contributed by atoms with E-state index in [0.717, 1.165) is 111 Å². The summed E-state index contributed by atoms with van der Waals surface area (Å²) in [6.45, 7) is 32.6. The molecule has 0 radical (unpaired) electrons. The number of anilines is 6. The molecule has 12 aromatic carbocycles. The van der Waals surface area contributed by atoms with Gasteiger partial charge in [-0.2, -0.15) is 0 Å². The summed E-state index contributed by atoms with van der Waals surface area (Å²) in [5.74, 6) is -0.623. The molecular formula is C78H78F2N2Si4. The smallest absolute Gasteiger partial charge is 0.148 e. The zero-order valence-corrected chi connectivity index (χ0v) is 56.4. The average molecular weight is 1190 g/mol. The highest BCUT2D eigenvalue weighted by atomic mass is 28.3. The Balaban J connectivity index is 1.11. The minimum atomic E-state index is -1.67. The van der Waals surface area contributed by atoms with Gasteiger partial charge in [-0.1, -0.05) is 269 Å². The van der Waals surface area contributed by atoms with Crippen LogP contribution in [0.1, 0.15) is 11.1 Å². The van der Waals surface area contributed by atoms with E-state index in [1.54, 1.807) is 12.1 Å². The number of halogens is 2. The quantitative estimate of drug-likeness (QED) is 0.0791. The molecule has 0 spiro atoms. The Labute approximate surface area is 512 Å². The third-order valence-electron chi connectivity index (χ3n) is 17.7. The van der Waals surface area contributed by atoms with Gasteiger partial charge in [0.05, 0.1) is 55.0 Å². The van der Waals surface area contributed by atoms with Crippen molar-refractivity contribution in [3.63, 3.8) is 0 Å². The number of para-hydroxylation sites is 2. The highest BCUT2D eigenvalue weighted by molar-refractivity contribution is 6.90. The number of hydrogen-bond donors (Lipinski definition) is 0. The lowest BCUT2D eigenvalue weighted by Gasteiger charge is -2.32. The zero-order chi connectivity index (χ0) is 60.8. The Morgan fingerprint density at radius 2 is 0.570 bits per heavy atom. The molecule has 0 aliphatic heterocycles. The van der Waals surface area contributed by atoms with Gasteiger partial charge in [-0.15, -0.1) is 0 Å².